The highest BCUT2D eigenvalue weighted by Gasteiger charge is 2.41. The first-order valence-electron chi connectivity index (χ1n) is 10.4. The van der Waals surface area contributed by atoms with Crippen molar-refractivity contribution in [2.75, 3.05) is 12.0 Å². The summed E-state index contributed by atoms with van der Waals surface area (Å²) in [6.45, 7) is 2.46. The second-order valence-corrected chi connectivity index (χ2v) is 8.75. The van der Waals surface area contributed by atoms with E-state index in [2.05, 4.69) is 5.32 Å². The number of thiophene rings is 1. The van der Waals surface area contributed by atoms with Crippen LogP contribution in [0.2, 0.25) is 0 Å². The molecule has 2 heterocycles. The fourth-order valence-corrected chi connectivity index (χ4v) is 4.91. The predicted octanol–water partition coefficient (Wildman–Crippen LogP) is 4.87. The van der Waals surface area contributed by atoms with Crippen LogP contribution in [-0.2, 0) is 16.1 Å². The van der Waals surface area contributed by atoms with Crippen LogP contribution >= 0.6 is 11.3 Å². The van der Waals surface area contributed by atoms with Crippen LogP contribution < -0.4 is 15.0 Å². The lowest BCUT2D eigenvalue weighted by atomic mass is 9.86. The van der Waals surface area contributed by atoms with Crippen LogP contribution in [0.5, 0.6) is 5.75 Å². The van der Waals surface area contributed by atoms with Gasteiger partial charge in [0.2, 0.25) is 11.8 Å². The molecule has 0 aliphatic carbocycles. The Morgan fingerprint density at radius 3 is 2.52 bits per heavy atom. The van der Waals surface area contributed by atoms with Gasteiger partial charge in [-0.1, -0.05) is 35.9 Å². The van der Waals surface area contributed by atoms with E-state index >= 15 is 0 Å². The minimum absolute atomic E-state index is 0.0289. The molecule has 0 radical (unpaired) electrons. The number of amides is 2. The number of rotatable bonds is 6. The molecule has 6 heteroatoms. The van der Waals surface area contributed by atoms with Crippen molar-refractivity contribution in [1.82, 2.24) is 5.32 Å². The van der Waals surface area contributed by atoms with Gasteiger partial charge in [-0.05, 0) is 54.6 Å². The molecule has 3 aromatic rings. The summed E-state index contributed by atoms with van der Waals surface area (Å²) in [5, 5.41) is 5.08. The molecule has 5 nitrogen and oxygen atoms in total. The molecular formula is C25H26N2O3S. The lowest BCUT2D eigenvalue weighted by Gasteiger charge is -2.40. The third-order valence-corrected chi connectivity index (χ3v) is 6.65. The molecule has 0 saturated carbocycles. The summed E-state index contributed by atoms with van der Waals surface area (Å²) in [6.07, 6.45) is 0.897. The summed E-state index contributed by atoms with van der Waals surface area (Å²) >= 11 is 1.58. The SMILES string of the molecule is COc1ccc(CNC(=O)C2CCC(=O)N(c3ccc(C)cc3)C2c2cccs2)cc1. The van der Waals surface area contributed by atoms with Crippen LogP contribution in [0.15, 0.2) is 66.0 Å². The molecule has 1 saturated heterocycles. The Bertz CT molecular complexity index is 1030. The molecule has 31 heavy (non-hydrogen) atoms. The summed E-state index contributed by atoms with van der Waals surface area (Å²) in [5.74, 6) is 0.503. The number of nitrogens with one attached hydrogen (secondary N) is 1. The summed E-state index contributed by atoms with van der Waals surface area (Å²) in [6, 6.07) is 19.3. The molecule has 2 unspecified atom stereocenters. The number of benzene rings is 2. The number of methoxy groups -OCH3 is 1. The lowest BCUT2D eigenvalue weighted by molar-refractivity contribution is -0.129. The first-order valence-corrected chi connectivity index (χ1v) is 11.3. The number of ether oxygens (including phenoxy) is 1. The largest absolute Gasteiger partial charge is 0.497 e. The third-order valence-electron chi connectivity index (χ3n) is 5.71. The zero-order chi connectivity index (χ0) is 21.8. The van der Waals surface area contributed by atoms with Crippen molar-refractivity contribution in [3.8, 4) is 5.75 Å². The number of aryl methyl sites for hydroxylation is 1. The molecule has 4 rings (SSSR count). The molecule has 0 spiro atoms. The molecule has 1 N–H and O–H groups in total. The maximum absolute atomic E-state index is 13.3. The molecule has 1 fully saturated rings. The Hall–Kier alpha value is -3.12. The quantitative estimate of drug-likeness (QED) is 0.602. The number of hydrogen-bond acceptors (Lipinski definition) is 4. The van der Waals surface area contributed by atoms with E-state index in [1.807, 2.05) is 77.9 Å². The molecule has 2 amide bonds. The van der Waals surface area contributed by atoms with Crippen molar-refractivity contribution >= 4 is 28.8 Å². The molecule has 1 aliphatic rings. The van der Waals surface area contributed by atoms with Crippen LogP contribution in [-0.4, -0.2) is 18.9 Å². The van der Waals surface area contributed by atoms with Crippen molar-refractivity contribution in [3.63, 3.8) is 0 Å². The highest BCUT2D eigenvalue weighted by Crippen LogP contribution is 2.41. The molecule has 1 aliphatic heterocycles. The summed E-state index contributed by atoms with van der Waals surface area (Å²) in [7, 11) is 1.63. The summed E-state index contributed by atoms with van der Waals surface area (Å²) < 4.78 is 5.19. The van der Waals surface area contributed by atoms with Gasteiger partial charge in [0.05, 0.1) is 19.1 Å². The van der Waals surface area contributed by atoms with Gasteiger partial charge in [-0.3, -0.25) is 9.59 Å². The van der Waals surface area contributed by atoms with E-state index in [0.29, 0.717) is 19.4 Å². The van der Waals surface area contributed by atoms with E-state index in [9.17, 15) is 9.59 Å². The fourth-order valence-electron chi connectivity index (χ4n) is 4.03. The Balaban J connectivity index is 1.58. The van der Waals surface area contributed by atoms with E-state index in [0.717, 1.165) is 27.4 Å². The maximum atomic E-state index is 13.3. The van der Waals surface area contributed by atoms with Gasteiger partial charge in [0.25, 0.3) is 0 Å². The fraction of sp³-hybridized carbons (Fsp3) is 0.280. The highest BCUT2D eigenvalue weighted by atomic mass is 32.1. The van der Waals surface area contributed by atoms with E-state index in [-0.39, 0.29) is 23.8 Å². The van der Waals surface area contributed by atoms with E-state index in [1.54, 1.807) is 18.4 Å². The van der Waals surface area contributed by atoms with Crippen LogP contribution in [0.4, 0.5) is 5.69 Å². The zero-order valence-corrected chi connectivity index (χ0v) is 18.5. The van der Waals surface area contributed by atoms with Crippen LogP contribution in [0.1, 0.15) is 34.9 Å². The lowest BCUT2D eigenvalue weighted by Crippen LogP contribution is -2.48. The molecule has 2 aromatic carbocycles. The molecule has 1 aromatic heterocycles. The number of anilines is 1. The smallest absolute Gasteiger partial charge is 0.227 e. The normalized spacial score (nSPS) is 18.6. The second-order valence-electron chi connectivity index (χ2n) is 7.77. The monoisotopic (exact) mass is 434 g/mol. The topological polar surface area (TPSA) is 58.6 Å². The number of nitrogens with zero attached hydrogens (tertiary/aromatic N) is 1. The van der Waals surface area contributed by atoms with Gasteiger partial charge < -0.3 is 15.0 Å². The molecule has 2 atom stereocenters. The van der Waals surface area contributed by atoms with Crippen LogP contribution in [0.25, 0.3) is 0 Å². The van der Waals surface area contributed by atoms with Gasteiger partial charge in [0.1, 0.15) is 5.75 Å². The Morgan fingerprint density at radius 2 is 1.87 bits per heavy atom. The second kappa shape index (κ2) is 9.35. The minimum Gasteiger partial charge on any atom is -0.497 e. The zero-order valence-electron chi connectivity index (χ0n) is 17.7. The van der Waals surface area contributed by atoms with Crippen LogP contribution in [0.3, 0.4) is 0 Å². The van der Waals surface area contributed by atoms with Crippen LogP contribution in [0, 0.1) is 12.8 Å². The average molecular weight is 435 g/mol. The highest BCUT2D eigenvalue weighted by molar-refractivity contribution is 7.10. The molecule has 160 valence electrons. The Morgan fingerprint density at radius 1 is 1.13 bits per heavy atom. The average Bonchev–Trinajstić information content (AvgIpc) is 3.33. The van der Waals surface area contributed by atoms with Crippen molar-refractivity contribution in [2.45, 2.75) is 32.4 Å². The molecule has 0 bridgehead atoms. The Labute approximate surface area is 186 Å². The van der Waals surface area contributed by atoms with Crippen molar-refractivity contribution in [1.29, 1.82) is 0 Å². The number of hydrogen-bond donors (Lipinski definition) is 1. The minimum atomic E-state index is -0.309. The summed E-state index contributed by atoms with van der Waals surface area (Å²) in [5.41, 5.74) is 2.97. The Kier molecular flexibility index (Phi) is 6.37. The van der Waals surface area contributed by atoms with Crippen molar-refractivity contribution in [2.24, 2.45) is 5.92 Å². The van der Waals surface area contributed by atoms with Crippen molar-refractivity contribution < 1.29 is 14.3 Å². The number of piperidine rings is 1. The van der Waals surface area contributed by atoms with Gasteiger partial charge in [-0.2, -0.15) is 0 Å². The number of carbonyl (C=O) groups is 2. The number of carbonyl (C=O) groups excluding carboxylic acids is 2. The van der Waals surface area contributed by atoms with Gasteiger partial charge in [-0.25, -0.2) is 0 Å². The first-order chi connectivity index (χ1) is 15.1. The standard InChI is InChI=1S/C25H26N2O3S/c1-17-5-9-19(10-6-17)27-23(28)14-13-21(24(27)22-4-3-15-31-22)25(29)26-16-18-7-11-20(30-2)12-8-18/h3-12,15,21,24H,13-14,16H2,1-2H3,(H,26,29). The van der Waals surface area contributed by atoms with Gasteiger partial charge >= 0.3 is 0 Å². The van der Waals surface area contributed by atoms with E-state index in [4.69, 9.17) is 4.74 Å². The molecular weight excluding hydrogens is 408 g/mol. The third kappa shape index (κ3) is 4.64. The van der Waals surface area contributed by atoms with Gasteiger partial charge in [0, 0.05) is 23.5 Å². The van der Waals surface area contributed by atoms with Gasteiger partial charge in [-0.15, -0.1) is 11.3 Å². The maximum Gasteiger partial charge on any atom is 0.227 e. The van der Waals surface area contributed by atoms with Crippen molar-refractivity contribution in [3.05, 3.63) is 82.0 Å². The summed E-state index contributed by atoms with van der Waals surface area (Å²) in [4.78, 5) is 29.1. The first kappa shape index (κ1) is 21.1. The van der Waals surface area contributed by atoms with Gasteiger partial charge in [0.15, 0.2) is 0 Å². The van der Waals surface area contributed by atoms with E-state index < -0.39 is 0 Å². The predicted molar refractivity (Wildman–Crippen MR) is 123 cm³/mol. The van der Waals surface area contributed by atoms with E-state index in [1.165, 1.54) is 0 Å².